The SMILES string of the molecule is CNCc1ccc(NC(=O)c2cnn(Cc3cc(Br)cc4cc(C(C)C)oc34)c2C)cc1. The van der Waals surface area contributed by atoms with Crippen LogP contribution >= 0.6 is 15.9 Å². The van der Waals surface area contributed by atoms with Crippen molar-refractivity contribution in [2.24, 2.45) is 0 Å². The van der Waals surface area contributed by atoms with Crippen molar-refractivity contribution in [3.8, 4) is 0 Å². The first-order chi connectivity index (χ1) is 15.4. The molecule has 1 amide bonds. The summed E-state index contributed by atoms with van der Waals surface area (Å²) in [5.41, 5.74) is 5.15. The van der Waals surface area contributed by atoms with E-state index in [0.717, 1.165) is 50.3 Å². The highest BCUT2D eigenvalue weighted by atomic mass is 79.9. The maximum Gasteiger partial charge on any atom is 0.259 e. The lowest BCUT2D eigenvalue weighted by molar-refractivity contribution is 0.102. The molecule has 0 unspecified atom stereocenters. The van der Waals surface area contributed by atoms with E-state index in [0.29, 0.717) is 18.0 Å². The van der Waals surface area contributed by atoms with Gasteiger partial charge in [0.2, 0.25) is 0 Å². The second kappa shape index (κ2) is 9.30. The quantitative estimate of drug-likeness (QED) is 0.338. The lowest BCUT2D eigenvalue weighted by atomic mass is 10.1. The zero-order valence-corrected chi connectivity index (χ0v) is 20.3. The van der Waals surface area contributed by atoms with E-state index in [4.69, 9.17) is 4.42 Å². The Labute approximate surface area is 196 Å². The molecule has 0 radical (unpaired) electrons. The van der Waals surface area contributed by atoms with Gasteiger partial charge in [-0.25, -0.2) is 0 Å². The number of benzene rings is 2. The number of carbonyl (C=O) groups excluding carboxylic acids is 1. The van der Waals surface area contributed by atoms with Crippen molar-refractivity contribution in [3.05, 3.63) is 81.3 Å². The summed E-state index contributed by atoms with van der Waals surface area (Å²) in [6, 6.07) is 14.0. The van der Waals surface area contributed by atoms with Crippen molar-refractivity contribution in [3.63, 3.8) is 0 Å². The Morgan fingerprint density at radius 2 is 1.94 bits per heavy atom. The average molecular weight is 495 g/mol. The third-order valence-corrected chi connectivity index (χ3v) is 5.96. The minimum atomic E-state index is -0.172. The van der Waals surface area contributed by atoms with Crippen molar-refractivity contribution in [1.82, 2.24) is 15.1 Å². The average Bonchev–Trinajstić information content (AvgIpc) is 3.34. The second-order valence-corrected chi connectivity index (χ2v) is 9.19. The maximum atomic E-state index is 12.9. The Kier molecular flexibility index (Phi) is 6.48. The number of furan rings is 1. The normalized spacial score (nSPS) is 11.4. The predicted octanol–water partition coefficient (Wildman–Crippen LogP) is 5.84. The van der Waals surface area contributed by atoms with E-state index in [1.54, 1.807) is 6.20 Å². The molecule has 166 valence electrons. The molecule has 0 bridgehead atoms. The molecule has 0 atom stereocenters. The minimum Gasteiger partial charge on any atom is -0.460 e. The summed E-state index contributed by atoms with van der Waals surface area (Å²) < 4.78 is 8.97. The second-order valence-electron chi connectivity index (χ2n) is 8.27. The number of hydrogen-bond donors (Lipinski definition) is 2. The van der Waals surface area contributed by atoms with Crippen LogP contribution < -0.4 is 10.6 Å². The first-order valence-electron chi connectivity index (χ1n) is 10.6. The molecule has 2 heterocycles. The molecular weight excluding hydrogens is 468 g/mol. The molecule has 0 aliphatic carbocycles. The summed E-state index contributed by atoms with van der Waals surface area (Å²) in [7, 11) is 1.91. The zero-order chi connectivity index (χ0) is 22.8. The Morgan fingerprint density at radius 3 is 2.62 bits per heavy atom. The van der Waals surface area contributed by atoms with Gasteiger partial charge in [-0.15, -0.1) is 0 Å². The topological polar surface area (TPSA) is 72.1 Å². The summed E-state index contributed by atoms with van der Waals surface area (Å²) >= 11 is 3.60. The van der Waals surface area contributed by atoms with Gasteiger partial charge in [-0.1, -0.05) is 41.9 Å². The summed E-state index contributed by atoms with van der Waals surface area (Å²) in [6.07, 6.45) is 1.62. The number of carbonyl (C=O) groups is 1. The monoisotopic (exact) mass is 494 g/mol. The van der Waals surface area contributed by atoms with Crippen LogP contribution in [0.15, 0.2) is 57.6 Å². The molecule has 0 fully saturated rings. The fraction of sp³-hybridized carbons (Fsp3) is 0.280. The molecule has 32 heavy (non-hydrogen) atoms. The van der Waals surface area contributed by atoms with Crippen molar-refractivity contribution < 1.29 is 9.21 Å². The number of amides is 1. The van der Waals surface area contributed by atoms with E-state index in [9.17, 15) is 4.79 Å². The summed E-state index contributed by atoms with van der Waals surface area (Å²) in [5.74, 6) is 1.09. The minimum absolute atomic E-state index is 0.172. The molecule has 0 aliphatic rings. The largest absolute Gasteiger partial charge is 0.460 e. The molecule has 0 saturated heterocycles. The molecule has 0 spiro atoms. The van der Waals surface area contributed by atoms with Gasteiger partial charge in [0.15, 0.2) is 0 Å². The zero-order valence-electron chi connectivity index (χ0n) is 18.7. The highest BCUT2D eigenvalue weighted by molar-refractivity contribution is 9.10. The lowest BCUT2D eigenvalue weighted by Crippen LogP contribution is -2.14. The van der Waals surface area contributed by atoms with Crippen LogP contribution in [0, 0.1) is 6.92 Å². The van der Waals surface area contributed by atoms with Gasteiger partial charge < -0.3 is 15.1 Å². The van der Waals surface area contributed by atoms with Gasteiger partial charge in [0, 0.05) is 39.3 Å². The van der Waals surface area contributed by atoms with Gasteiger partial charge in [0.25, 0.3) is 5.91 Å². The van der Waals surface area contributed by atoms with Crippen molar-refractivity contribution in [1.29, 1.82) is 0 Å². The van der Waals surface area contributed by atoms with Gasteiger partial charge in [-0.2, -0.15) is 5.10 Å². The first-order valence-corrected chi connectivity index (χ1v) is 11.4. The van der Waals surface area contributed by atoms with Crippen molar-refractivity contribution in [2.45, 2.75) is 39.8 Å². The van der Waals surface area contributed by atoms with E-state index in [-0.39, 0.29) is 5.91 Å². The number of rotatable bonds is 7. The fourth-order valence-electron chi connectivity index (χ4n) is 3.71. The highest BCUT2D eigenvalue weighted by Crippen LogP contribution is 2.31. The van der Waals surface area contributed by atoms with Gasteiger partial charge in [0.1, 0.15) is 11.3 Å². The van der Waals surface area contributed by atoms with Crippen molar-refractivity contribution in [2.75, 3.05) is 12.4 Å². The van der Waals surface area contributed by atoms with E-state index < -0.39 is 0 Å². The number of anilines is 1. The molecule has 0 saturated carbocycles. The van der Waals surface area contributed by atoms with Gasteiger partial charge in [-0.05, 0) is 49.9 Å². The molecule has 2 aromatic carbocycles. The summed E-state index contributed by atoms with van der Waals surface area (Å²) in [6.45, 7) is 7.44. The Morgan fingerprint density at radius 1 is 1.19 bits per heavy atom. The summed E-state index contributed by atoms with van der Waals surface area (Å²) in [5, 5.41) is 11.6. The van der Waals surface area contributed by atoms with Crippen LogP contribution in [-0.2, 0) is 13.1 Å². The number of halogens is 1. The molecule has 2 N–H and O–H groups in total. The smallest absolute Gasteiger partial charge is 0.259 e. The van der Waals surface area contributed by atoms with E-state index in [1.807, 2.05) is 49.0 Å². The van der Waals surface area contributed by atoms with Crippen molar-refractivity contribution >= 4 is 38.5 Å². The van der Waals surface area contributed by atoms with Gasteiger partial charge in [0.05, 0.1) is 18.3 Å². The molecule has 0 aliphatic heterocycles. The van der Waals surface area contributed by atoms with Gasteiger partial charge >= 0.3 is 0 Å². The molecule has 4 rings (SSSR count). The van der Waals surface area contributed by atoms with E-state index in [1.165, 1.54) is 0 Å². The molecule has 7 heteroatoms. The lowest BCUT2D eigenvalue weighted by Gasteiger charge is -2.09. The molecule has 2 aromatic heterocycles. The Bertz CT molecular complexity index is 1260. The summed E-state index contributed by atoms with van der Waals surface area (Å²) in [4.78, 5) is 12.9. The third kappa shape index (κ3) is 4.64. The number of aromatic nitrogens is 2. The van der Waals surface area contributed by atoms with Gasteiger partial charge in [-0.3, -0.25) is 9.48 Å². The maximum absolute atomic E-state index is 12.9. The highest BCUT2D eigenvalue weighted by Gasteiger charge is 2.17. The van der Waals surface area contributed by atoms with E-state index >= 15 is 0 Å². The van der Waals surface area contributed by atoms with Crippen LogP contribution in [0.2, 0.25) is 0 Å². The molecule has 4 aromatic rings. The van der Waals surface area contributed by atoms with Crippen LogP contribution in [0.1, 0.15) is 52.7 Å². The van der Waals surface area contributed by atoms with Crippen LogP contribution in [0.3, 0.4) is 0 Å². The number of fused-ring (bicyclic) bond motifs is 1. The number of nitrogens with one attached hydrogen (secondary N) is 2. The van der Waals surface area contributed by atoms with Crippen LogP contribution in [0.25, 0.3) is 11.0 Å². The Hall–Kier alpha value is -2.90. The first kappa shape index (κ1) is 22.3. The number of nitrogens with zero attached hydrogens (tertiary/aromatic N) is 2. The van der Waals surface area contributed by atoms with Crippen LogP contribution in [-0.4, -0.2) is 22.7 Å². The van der Waals surface area contributed by atoms with E-state index in [2.05, 4.69) is 57.6 Å². The number of hydrogen-bond acceptors (Lipinski definition) is 4. The third-order valence-electron chi connectivity index (χ3n) is 5.51. The Balaban J connectivity index is 1.56. The predicted molar refractivity (Wildman–Crippen MR) is 131 cm³/mol. The van der Waals surface area contributed by atoms with Crippen LogP contribution in [0.4, 0.5) is 5.69 Å². The van der Waals surface area contributed by atoms with Crippen LogP contribution in [0.5, 0.6) is 0 Å². The molecular formula is C25H27BrN4O2. The molecule has 6 nitrogen and oxygen atoms in total. The standard InChI is InChI=1S/C25H27BrN4O2/c1-15(2)23-11-18-9-20(26)10-19(24(18)32-23)14-30-16(3)22(13-28-30)25(31)29-21-7-5-17(6-8-21)12-27-4/h5-11,13,15,27H,12,14H2,1-4H3,(H,29,31). The fourth-order valence-corrected chi connectivity index (χ4v) is 4.23.